The third-order valence-electron chi connectivity index (χ3n) is 1.96. The molecule has 2 heterocycles. The highest BCUT2D eigenvalue weighted by atomic mass is 15.1. The molecule has 0 radical (unpaired) electrons. The molecule has 5 nitrogen and oxygen atoms in total. The van der Waals surface area contributed by atoms with E-state index in [0.29, 0.717) is 0 Å². The Balaban J connectivity index is 2.47. The van der Waals surface area contributed by atoms with E-state index in [1.54, 1.807) is 24.9 Å². The molecular formula is C9H11N5. The Hall–Kier alpha value is -1.75. The highest BCUT2D eigenvalue weighted by molar-refractivity contribution is 5.28. The first kappa shape index (κ1) is 8.83. The maximum Gasteiger partial charge on any atom is 0.115 e. The molecule has 0 saturated carbocycles. The Morgan fingerprint density at radius 1 is 1.21 bits per heavy atom. The summed E-state index contributed by atoms with van der Waals surface area (Å²) in [7, 11) is 0. The Morgan fingerprint density at radius 2 is 1.93 bits per heavy atom. The van der Waals surface area contributed by atoms with Crippen LogP contribution in [0.1, 0.15) is 18.7 Å². The highest BCUT2D eigenvalue weighted by Crippen LogP contribution is 2.13. The van der Waals surface area contributed by atoms with E-state index in [1.807, 2.05) is 11.5 Å². The van der Waals surface area contributed by atoms with Crippen LogP contribution in [0.3, 0.4) is 0 Å². The number of aromatic nitrogens is 4. The van der Waals surface area contributed by atoms with Gasteiger partial charge in [-0.25, -0.2) is 15.0 Å². The van der Waals surface area contributed by atoms with Crippen LogP contribution in [-0.2, 0) is 0 Å². The molecular weight excluding hydrogens is 178 g/mol. The summed E-state index contributed by atoms with van der Waals surface area (Å²) in [5.74, 6) is 0. The number of rotatable bonds is 2. The van der Waals surface area contributed by atoms with Gasteiger partial charge in [0, 0.05) is 6.04 Å². The Bertz CT molecular complexity index is 406. The van der Waals surface area contributed by atoms with Crippen molar-refractivity contribution < 1.29 is 0 Å². The molecule has 2 aromatic heterocycles. The van der Waals surface area contributed by atoms with E-state index in [9.17, 15) is 0 Å². The fourth-order valence-corrected chi connectivity index (χ4v) is 1.27. The van der Waals surface area contributed by atoms with Gasteiger partial charge in [0.25, 0.3) is 0 Å². The fourth-order valence-electron chi connectivity index (χ4n) is 1.27. The van der Waals surface area contributed by atoms with Gasteiger partial charge in [-0.15, -0.1) is 0 Å². The van der Waals surface area contributed by atoms with Crippen LogP contribution < -0.4 is 5.73 Å². The smallest absolute Gasteiger partial charge is 0.115 e. The average molecular weight is 189 g/mol. The van der Waals surface area contributed by atoms with E-state index in [0.717, 1.165) is 11.4 Å². The summed E-state index contributed by atoms with van der Waals surface area (Å²) in [4.78, 5) is 11.9. The predicted molar refractivity (Wildman–Crippen MR) is 51.8 cm³/mol. The number of imidazole rings is 1. The monoisotopic (exact) mass is 189 g/mol. The minimum Gasteiger partial charge on any atom is -0.323 e. The molecule has 2 rings (SSSR count). The minimum absolute atomic E-state index is 0.0577. The van der Waals surface area contributed by atoms with Gasteiger partial charge in [0.05, 0.1) is 36.3 Å². The zero-order valence-corrected chi connectivity index (χ0v) is 7.83. The summed E-state index contributed by atoms with van der Waals surface area (Å²) in [6, 6.07) is -0.0577. The summed E-state index contributed by atoms with van der Waals surface area (Å²) in [5.41, 5.74) is 7.61. The number of nitrogens with two attached hydrogens (primary N) is 1. The Morgan fingerprint density at radius 3 is 2.57 bits per heavy atom. The summed E-state index contributed by atoms with van der Waals surface area (Å²) < 4.78 is 1.88. The van der Waals surface area contributed by atoms with Crippen LogP contribution in [0.4, 0.5) is 0 Å². The molecule has 1 atom stereocenters. The SMILES string of the molecule is C[C@H](N)c1cncn1-c1cncnc1. The molecule has 0 amide bonds. The van der Waals surface area contributed by atoms with Crippen LogP contribution in [0.2, 0.25) is 0 Å². The first-order valence-electron chi connectivity index (χ1n) is 4.32. The van der Waals surface area contributed by atoms with Gasteiger partial charge in [0.2, 0.25) is 0 Å². The zero-order chi connectivity index (χ0) is 9.97. The van der Waals surface area contributed by atoms with E-state index >= 15 is 0 Å². The molecule has 14 heavy (non-hydrogen) atoms. The molecule has 0 saturated heterocycles. The predicted octanol–water partition coefficient (Wildman–Crippen LogP) is 0.682. The van der Waals surface area contributed by atoms with Crippen molar-refractivity contribution >= 4 is 0 Å². The molecule has 0 aliphatic heterocycles. The molecule has 0 aliphatic carbocycles. The van der Waals surface area contributed by atoms with Crippen LogP contribution in [-0.4, -0.2) is 19.5 Å². The Kier molecular flexibility index (Phi) is 2.24. The van der Waals surface area contributed by atoms with Gasteiger partial charge in [-0.3, -0.25) is 4.57 Å². The second-order valence-electron chi connectivity index (χ2n) is 3.07. The van der Waals surface area contributed by atoms with E-state index < -0.39 is 0 Å². The summed E-state index contributed by atoms with van der Waals surface area (Å²) in [5, 5.41) is 0. The maximum absolute atomic E-state index is 5.79. The van der Waals surface area contributed by atoms with E-state index in [1.165, 1.54) is 6.33 Å². The average Bonchev–Trinajstić information content (AvgIpc) is 2.67. The van der Waals surface area contributed by atoms with Crippen molar-refractivity contribution in [3.05, 3.63) is 36.9 Å². The fraction of sp³-hybridized carbons (Fsp3) is 0.222. The molecule has 2 aromatic rings. The molecule has 72 valence electrons. The second-order valence-corrected chi connectivity index (χ2v) is 3.07. The van der Waals surface area contributed by atoms with E-state index in [-0.39, 0.29) is 6.04 Å². The van der Waals surface area contributed by atoms with Gasteiger partial charge >= 0.3 is 0 Å². The molecule has 0 unspecified atom stereocenters. The van der Waals surface area contributed by atoms with Crippen molar-refractivity contribution in [3.63, 3.8) is 0 Å². The van der Waals surface area contributed by atoms with Gasteiger partial charge in [-0.05, 0) is 6.92 Å². The van der Waals surface area contributed by atoms with Gasteiger partial charge < -0.3 is 5.73 Å². The van der Waals surface area contributed by atoms with Crippen molar-refractivity contribution in [2.45, 2.75) is 13.0 Å². The largest absolute Gasteiger partial charge is 0.323 e. The van der Waals surface area contributed by atoms with Crippen molar-refractivity contribution in [3.8, 4) is 5.69 Å². The van der Waals surface area contributed by atoms with Gasteiger partial charge in [-0.2, -0.15) is 0 Å². The highest BCUT2D eigenvalue weighted by Gasteiger charge is 2.07. The van der Waals surface area contributed by atoms with Crippen LogP contribution >= 0.6 is 0 Å². The molecule has 2 N–H and O–H groups in total. The van der Waals surface area contributed by atoms with E-state index in [2.05, 4.69) is 15.0 Å². The number of hydrogen-bond donors (Lipinski definition) is 1. The summed E-state index contributed by atoms with van der Waals surface area (Å²) >= 11 is 0. The standard InChI is InChI=1S/C9H11N5/c1-7(10)9-4-13-6-14(9)8-2-11-5-12-3-8/h2-7H,10H2,1H3/t7-/m0/s1. The van der Waals surface area contributed by atoms with Crippen molar-refractivity contribution in [1.29, 1.82) is 0 Å². The van der Waals surface area contributed by atoms with Crippen LogP contribution in [0.15, 0.2) is 31.2 Å². The van der Waals surface area contributed by atoms with Gasteiger partial charge in [0.1, 0.15) is 6.33 Å². The Labute approximate surface area is 81.6 Å². The lowest BCUT2D eigenvalue weighted by Crippen LogP contribution is -2.10. The van der Waals surface area contributed by atoms with Crippen molar-refractivity contribution in [1.82, 2.24) is 19.5 Å². The lowest BCUT2D eigenvalue weighted by molar-refractivity contribution is 0.750. The number of hydrogen-bond acceptors (Lipinski definition) is 4. The quantitative estimate of drug-likeness (QED) is 0.754. The first-order chi connectivity index (χ1) is 6.79. The van der Waals surface area contributed by atoms with Gasteiger partial charge in [0.15, 0.2) is 0 Å². The number of nitrogens with zero attached hydrogens (tertiary/aromatic N) is 4. The molecule has 0 fully saturated rings. The summed E-state index contributed by atoms with van der Waals surface area (Å²) in [6.07, 6.45) is 8.39. The molecule has 0 aromatic carbocycles. The van der Waals surface area contributed by atoms with Crippen LogP contribution in [0.25, 0.3) is 5.69 Å². The van der Waals surface area contributed by atoms with E-state index in [4.69, 9.17) is 5.73 Å². The lowest BCUT2D eigenvalue weighted by Gasteiger charge is -2.09. The second kappa shape index (κ2) is 3.55. The topological polar surface area (TPSA) is 69.6 Å². The van der Waals surface area contributed by atoms with Crippen molar-refractivity contribution in [2.24, 2.45) is 5.73 Å². The molecule has 5 heteroatoms. The summed E-state index contributed by atoms with van der Waals surface area (Å²) in [6.45, 7) is 1.91. The maximum atomic E-state index is 5.79. The van der Waals surface area contributed by atoms with Crippen LogP contribution in [0, 0.1) is 0 Å². The van der Waals surface area contributed by atoms with Crippen LogP contribution in [0.5, 0.6) is 0 Å². The molecule has 0 bridgehead atoms. The molecule has 0 spiro atoms. The third kappa shape index (κ3) is 1.49. The van der Waals surface area contributed by atoms with Gasteiger partial charge in [-0.1, -0.05) is 0 Å². The normalized spacial score (nSPS) is 12.7. The third-order valence-corrected chi connectivity index (χ3v) is 1.96. The first-order valence-corrected chi connectivity index (χ1v) is 4.32. The lowest BCUT2D eigenvalue weighted by atomic mass is 10.2. The zero-order valence-electron chi connectivity index (χ0n) is 7.83. The van der Waals surface area contributed by atoms with Crippen molar-refractivity contribution in [2.75, 3.05) is 0 Å². The minimum atomic E-state index is -0.0577. The molecule has 0 aliphatic rings.